The SMILES string of the molecule is CCC1CCC(N)C2CCCNC12. The smallest absolute Gasteiger partial charge is 0.0138 e. The molecule has 2 fully saturated rings. The van der Waals surface area contributed by atoms with E-state index in [9.17, 15) is 0 Å². The average Bonchev–Trinajstić information content (AvgIpc) is 2.19. The van der Waals surface area contributed by atoms with Gasteiger partial charge in [-0.2, -0.15) is 0 Å². The summed E-state index contributed by atoms with van der Waals surface area (Å²) in [5.41, 5.74) is 6.17. The summed E-state index contributed by atoms with van der Waals surface area (Å²) in [6.45, 7) is 3.53. The van der Waals surface area contributed by atoms with E-state index in [1.54, 1.807) is 0 Å². The Hall–Kier alpha value is -0.0800. The van der Waals surface area contributed by atoms with Gasteiger partial charge in [0.1, 0.15) is 0 Å². The van der Waals surface area contributed by atoms with E-state index in [-0.39, 0.29) is 0 Å². The minimum atomic E-state index is 0.473. The summed E-state index contributed by atoms with van der Waals surface area (Å²) >= 11 is 0. The van der Waals surface area contributed by atoms with Crippen molar-refractivity contribution in [2.45, 2.75) is 51.1 Å². The third-order valence-electron chi connectivity index (χ3n) is 4.01. The van der Waals surface area contributed by atoms with Crippen LogP contribution in [0.3, 0.4) is 0 Å². The molecule has 1 aliphatic carbocycles. The molecule has 76 valence electrons. The van der Waals surface area contributed by atoms with Gasteiger partial charge in [-0.3, -0.25) is 0 Å². The molecule has 0 aromatic carbocycles. The van der Waals surface area contributed by atoms with E-state index in [1.807, 2.05) is 0 Å². The van der Waals surface area contributed by atoms with Gasteiger partial charge in [0.2, 0.25) is 0 Å². The van der Waals surface area contributed by atoms with Crippen molar-refractivity contribution in [3.8, 4) is 0 Å². The van der Waals surface area contributed by atoms with Crippen molar-refractivity contribution in [1.29, 1.82) is 0 Å². The average molecular weight is 182 g/mol. The maximum absolute atomic E-state index is 6.17. The molecule has 2 aliphatic rings. The first-order valence-electron chi connectivity index (χ1n) is 5.82. The second-order valence-electron chi connectivity index (χ2n) is 4.70. The third kappa shape index (κ3) is 1.75. The molecular formula is C11H22N2. The van der Waals surface area contributed by atoms with E-state index in [4.69, 9.17) is 5.73 Å². The molecule has 1 aliphatic heterocycles. The molecule has 2 heteroatoms. The van der Waals surface area contributed by atoms with Crippen LogP contribution in [0.5, 0.6) is 0 Å². The Morgan fingerprint density at radius 2 is 2.15 bits per heavy atom. The van der Waals surface area contributed by atoms with Gasteiger partial charge in [-0.15, -0.1) is 0 Å². The Kier molecular flexibility index (Phi) is 2.89. The van der Waals surface area contributed by atoms with E-state index in [0.29, 0.717) is 6.04 Å². The third-order valence-corrected chi connectivity index (χ3v) is 4.01. The van der Waals surface area contributed by atoms with Crippen molar-refractivity contribution in [3.63, 3.8) is 0 Å². The highest BCUT2D eigenvalue weighted by Gasteiger charge is 2.37. The van der Waals surface area contributed by atoms with E-state index in [1.165, 1.54) is 38.6 Å². The molecule has 0 radical (unpaired) electrons. The van der Waals surface area contributed by atoms with Crippen molar-refractivity contribution < 1.29 is 0 Å². The molecule has 4 unspecified atom stereocenters. The summed E-state index contributed by atoms with van der Waals surface area (Å²) in [6.07, 6.45) is 6.59. The van der Waals surface area contributed by atoms with Gasteiger partial charge in [0.05, 0.1) is 0 Å². The van der Waals surface area contributed by atoms with Gasteiger partial charge in [-0.25, -0.2) is 0 Å². The lowest BCUT2D eigenvalue weighted by Gasteiger charge is -2.45. The second kappa shape index (κ2) is 3.97. The molecule has 0 bridgehead atoms. The Morgan fingerprint density at radius 3 is 2.92 bits per heavy atom. The summed E-state index contributed by atoms with van der Waals surface area (Å²) in [5.74, 6) is 1.66. The molecular weight excluding hydrogens is 160 g/mol. The molecule has 0 aromatic rings. The van der Waals surface area contributed by atoms with Gasteiger partial charge >= 0.3 is 0 Å². The molecule has 3 N–H and O–H groups in total. The molecule has 0 amide bonds. The zero-order chi connectivity index (χ0) is 9.26. The van der Waals surface area contributed by atoms with Gasteiger partial charge in [0.25, 0.3) is 0 Å². The second-order valence-corrected chi connectivity index (χ2v) is 4.70. The van der Waals surface area contributed by atoms with Crippen LogP contribution in [0.4, 0.5) is 0 Å². The fourth-order valence-electron chi connectivity index (χ4n) is 3.19. The number of nitrogens with two attached hydrogens (primary N) is 1. The van der Waals surface area contributed by atoms with Crippen molar-refractivity contribution >= 4 is 0 Å². The van der Waals surface area contributed by atoms with Crippen LogP contribution in [0.1, 0.15) is 39.0 Å². The molecule has 1 saturated heterocycles. The summed E-state index contributed by atoms with van der Waals surface area (Å²) in [4.78, 5) is 0. The van der Waals surface area contributed by atoms with Crippen molar-refractivity contribution in [2.75, 3.05) is 6.54 Å². The normalized spacial score (nSPS) is 45.7. The standard InChI is InChI=1S/C11H22N2/c1-2-8-5-6-10(12)9-4-3-7-13-11(8)9/h8-11,13H,2-7,12H2,1H3. The van der Waals surface area contributed by atoms with E-state index < -0.39 is 0 Å². The molecule has 0 aromatic heterocycles. The fourth-order valence-corrected chi connectivity index (χ4v) is 3.19. The number of hydrogen-bond donors (Lipinski definition) is 2. The Bertz CT molecular complexity index is 169. The predicted octanol–water partition coefficient (Wildman–Crippen LogP) is 1.50. The Balaban J connectivity index is 2.05. The zero-order valence-electron chi connectivity index (χ0n) is 8.63. The van der Waals surface area contributed by atoms with Crippen LogP contribution in [0, 0.1) is 11.8 Å². The number of nitrogens with one attached hydrogen (secondary N) is 1. The van der Waals surface area contributed by atoms with Crippen LogP contribution in [0.25, 0.3) is 0 Å². The fraction of sp³-hybridized carbons (Fsp3) is 1.00. The highest BCUT2D eigenvalue weighted by molar-refractivity contribution is 4.95. The predicted molar refractivity (Wildman–Crippen MR) is 55.5 cm³/mol. The summed E-state index contributed by atoms with van der Waals surface area (Å²) in [7, 11) is 0. The molecule has 2 rings (SSSR count). The van der Waals surface area contributed by atoms with Crippen molar-refractivity contribution in [3.05, 3.63) is 0 Å². The minimum absolute atomic E-state index is 0.473. The number of rotatable bonds is 1. The monoisotopic (exact) mass is 182 g/mol. The first kappa shape index (κ1) is 9.47. The molecule has 1 saturated carbocycles. The van der Waals surface area contributed by atoms with Crippen LogP contribution in [0.15, 0.2) is 0 Å². The molecule has 0 spiro atoms. The maximum atomic E-state index is 6.17. The molecule has 2 nitrogen and oxygen atoms in total. The molecule has 1 heterocycles. The van der Waals surface area contributed by atoms with Crippen molar-refractivity contribution in [1.82, 2.24) is 5.32 Å². The van der Waals surface area contributed by atoms with Crippen LogP contribution < -0.4 is 11.1 Å². The summed E-state index contributed by atoms with van der Waals surface area (Å²) in [5, 5.41) is 3.67. The number of piperidine rings is 1. The lowest BCUT2D eigenvalue weighted by molar-refractivity contribution is 0.122. The van der Waals surface area contributed by atoms with E-state index >= 15 is 0 Å². The van der Waals surface area contributed by atoms with E-state index in [2.05, 4.69) is 12.2 Å². The molecule has 4 atom stereocenters. The van der Waals surface area contributed by atoms with E-state index in [0.717, 1.165) is 17.9 Å². The van der Waals surface area contributed by atoms with Gasteiger partial charge in [-0.1, -0.05) is 13.3 Å². The van der Waals surface area contributed by atoms with Crippen LogP contribution in [-0.2, 0) is 0 Å². The van der Waals surface area contributed by atoms with Gasteiger partial charge in [-0.05, 0) is 44.1 Å². The lowest BCUT2D eigenvalue weighted by atomic mass is 9.70. The summed E-state index contributed by atoms with van der Waals surface area (Å²) in [6, 6.07) is 1.21. The zero-order valence-corrected chi connectivity index (χ0v) is 8.63. The van der Waals surface area contributed by atoms with Crippen LogP contribution in [0.2, 0.25) is 0 Å². The number of fused-ring (bicyclic) bond motifs is 1. The highest BCUT2D eigenvalue weighted by atomic mass is 15.0. The lowest BCUT2D eigenvalue weighted by Crippen LogP contribution is -2.55. The van der Waals surface area contributed by atoms with Gasteiger partial charge in [0, 0.05) is 12.1 Å². The van der Waals surface area contributed by atoms with Gasteiger partial charge in [0.15, 0.2) is 0 Å². The Morgan fingerprint density at radius 1 is 1.31 bits per heavy atom. The minimum Gasteiger partial charge on any atom is -0.327 e. The van der Waals surface area contributed by atoms with Gasteiger partial charge < -0.3 is 11.1 Å². The largest absolute Gasteiger partial charge is 0.327 e. The highest BCUT2D eigenvalue weighted by Crippen LogP contribution is 2.35. The first-order valence-corrected chi connectivity index (χ1v) is 5.82. The quantitative estimate of drug-likeness (QED) is 0.645. The number of hydrogen-bond acceptors (Lipinski definition) is 2. The maximum Gasteiger partial charge on any atom is 0.0138 e. The molecule has 13 heavy (non-hydrogen) atoms. The van der Waals surface area contributed by atoms with Crippen molar-refractivity contribution in [2.24, 2.45) is 17.6 Å². The topological polar surface area (TPSA) is 38.0 Å². The van der Waals surface area contributed by atoms with Crippen LogP contribution in [-0.4, -0.2) is 18.6 Å². The Labute approximate surface area is 81.3 Å². The first-order chi connectivity index (χ1) is 6.33. The van der Waals surface area contributed by atoms with Crippen LogP contribution >= 0.6 is 0 Å². The summed E-state index contributed by atoms with van der Waals surface area (Å²) < 4.78 is 0.